The Morgan fingerprint density at radius 2 is 2.33 bits per heavy atom. The molecule has 3 rings (SSSR count). The van der Waals surface area contributed by atoms with Crippen LogP contribution in [0.2, 0.25) is 0 Å². The molecule has 1 aromatic carbocycles. The van der Waals surface area contributed by atoms with Gasteiger partial charge in [-0.2, -0.15) is 12.6 Å². The number of fused-ring (bicyclic) bond motifs is 1. The first-order chi connectivity index (χ1) is 8.71. The smallest absolute Gasteiger partial charge is 0.224 e. The van der Waals surface area contributed by atoms with Crippen molar-refractivity contribution >= 4 is 45.8 Å². The summed E-state index contributed by atoms with van der Waals surface area (Å²) in [5, 5.41) is 2.96. The minimum Gasteiger partial charge on any atom is -0.326 e. The second-order valence-electron chi connectivity index (χ2n) is 4.92. The number of thiol groups is 1. The average Bonchev–Trinajstić information content (AvgIpc) is 2.97. The summed E-state index contributed by atoms with van der Waals surface area (Å²) in [5.74, 6) is 0.888. The van der Waals surface area contributed by atoms with Gasteiger partial charge in [0.2, 0.25) is 5.91 Å². The molecule has 18 heavy (non-hydrogen) atoms. The van der Waals surface area contributed by atoms with Gasteiger partial charge >= 0.3 is 0 Å². The molecule has 0 atom stereocenters. The maximum atomic E-state index is 11.9. The lowest BCUT2D eigenvalue weighted by molar-refractivity contribution is -0.117. The SMILES string of the molecule is O=C(CC1(CS)CC1)Nc1ccc2ncsc2c1. The molecule has 5 heteroatoms. The Hall–Kier alpha value is -1.07. The van der Waals surface area contributed by atoms with Crippen molar-refractivity contribution in [3.05, 3.63) is 23.7 Å². The fourth-order valence-electron chi connectivity index (χ4n) is 2.05. The summed E-state index contributed by atoms with van der Waals surface area (Å²) in [6, 6.07) is 5.82. The quantitative estimate of drug-likeness (QED) is 0.842. The number of benzene rings is 1. The number of carbonyl (C=O) groups excluding carboxylic acids is 1. The standard InChI is InChI=1S/C13H14N2OS2/c16-12(6-13(7-17)3-4-13)15-9-1-2-10-11(5-9)18-8-14-10/h1-2,5,8,17H,3-4,6-7H2,(H,15,16). The van der Waals surface area contributed by atoms with Gasteiger partial charge in [-0.05, 0) is 42.2 Å². The van der Waals surface area contributed by atoms with E-state index < -0.39 is 0 Å². The molecule has 2 aromatic rings. The summed E-state index contributed by atoms with van der Waals surface area (Å²) >= 11 is 5.90. The summed E-state index contributed by atoms with van der Waals surface area (Å²) in [5.41, 5.74) is 3.82. The predicted molar refractivity (Wildman–Crippen MR) is 78.4 cm³/mol. The fraction of sp³-hybridized carbons (Fsp3) is 0.385. The normalized spacial score (nSPS) is 16.7. The Balaban J connectivity index is 1.69. The van der Waals surface area contributed by atoms with Gasteiger partial charge in [-0.3, -0.25) is 4.79 Å². The molecular formula is C13H14N2OS2. The second-order valence-corrected chi connectivity index (χ2v) is 6.12. The Morgan fingerprint density at radius 3 is 3.06 bits per heavy atom. The first-order valence-electron chi connectivity index (χ1n) is 5.95. The summed E-state index contributed by atoms with van der Waals surface area (Å²) in [6.45, 7) is 0. The largest absolute Gasteiger partial charge is 0.326 e. The van der Waals surface area contributed by atoms with Crippen molar-refractivity contribution in [3.8, 4) is 0 Å². The monoisotopic (exact) mass is 278 g/mol. The number of carbonyl (C=O) groups is 1. The number of hydrogen-bond donors (Lipinski definition) is 2. The molecule has 1 aliphatic rings. The Kier molecular flexibility index (Phi) is 3.03. The third-order valence-electron chi connectivity index (χ3n) is 3.44. The Labute approximate surface area is 115 Å². The lowest BCUT2D eigenvalue weighted by atomic mass is 10.1. The first kappa shape index (κ1) is 12.0. The van der Waals surface area contributed by atoms with E-state index >= 15 is 0 Å². The van der Waals surface area contributed by atoms with E-state index in [1.807, 2.05) is 23.7 Å². The van der Waals surface area contributed by atoms with Crippen LogP contribution >= 0.6 is 24.0 Å². The van der Waals surface area contributed by atoms with Crippen molar-refractivity contribution in [2.24, 2.45) is 5.41 Å². The zero-order valence-electron chi connectivity index (χ0n) is 9.85. The number of thiazole rings is 1. The molecule has 0 unspecified atom stereocenters. The number of nitrogens with zero attached hydrogens (tertiary/aromatic N) is 1. The van der Waals surface area contributed by atoms with Crippen LogP contribution in [0.4, 0.5) is 5.69 Å². The zero-order chi connectivity index (χ0) is 12.6. The predicted octanol–water partition coefficient (Wildman–Crippen LogP) is 3.33. The highest BCUT2D eigenvalue weighted by atomic mass is 32.1. The summed E-state index contributed by atoms with van der Waals surface area (Å²) in [4.78, 5) is 16.2. The molecule has 1 aliphatic carbocycles. The number of anilines is 1. The van der Waals surface area contributed by atoms with Gasteiger partial charge in [0, 0.05) is 12.1 Å². The van der Waals surface area contributed by atoms with Crippen LogP contribution in [-0.2, 0) is 4.79 Å². The molecule has 1 amide bonds. The molecule has 1 heterocycles. The Bertz CT molecular complexity index is 589. The van der Waals surface area contributed by atoms with Crippen LogP contribution < -0.4 is 5.32 Å². The highest BCUT2D eigenvalue weighted by Crippen LogP contribution is 2.49. The van der Waals surface area contributed by atoms with Crippen LogP contribution in [0.15, 0.2) is 23.7 Å². The van der Waals surface area contributed by atoms with Gasteiger partial charge in [-0.1, -0.05) is 0 Å². The maximum absolute atomic E-state index is 11.9. The van der Waals surface area contributed by atoms with Crippen LogP contribution in [0.3, 0.4) is 0 Å². The molecule has 0 aliphatic heterocycles. The van der Waals surface area contributed by atoms with E-state index in [0.717, 1.165) is 34.5 Å². The summed E-state index contributed by atoms with van der Waals surface area (Å²) < 4.78 is 1.10. The molecule has 1 N–H and O–H groups in total. The van der Waals surface area contributed by atoms with Gasteiger partial charge < -0.3 is 5.32 Å². The van der Waals surface area contributed by atoms with Crippen LogP contribution in [0.1, 0.15) is 19.3 Å². The van der Waals surface area contributed by atoms with E-state index in [1.54, 1.807) is 11.3 Å². The van der Waals surface area contributed by atoms with E-state index in [2.05, 4.69) is 22.9 Å². The minimum absolute atomic E-state index is 0.0883. The number of amides is 1. The lowest BCUT2D eigenvalue weighted by Crippen LogP contribution is -2.18. The number of nitrogens with one attached hydrogen (secondary N) is 1. The van der Waals surface area contributed by atoms with E-state index in [0.29, 0.717) is 6.42 Å². The molecule has 1 aromatic heterocycles. The molecule has 0 bridgehead atoms. The molecule has 3 nitrogen and oxygen atoms in total. The third kappa shape index (κ3) is 2.37. The summed E-state index contributed by atoms with van der Waals surface area (Å²) in [7, 11) is 0. The number of aromatic nitrogens is 1. The van der Waals surface area contributed by atoms with Crippen molar-refractivity contribution in [2.75, 3.05) is 11.1 Å². The minimum atomic E-state index is 0.0883. The van der Waals surface area contributed by atoms with Crippen LogP contribution in [0.25, 0.3) is 10.2 Å². The van der Waals surface area contributed by atoms with Crippen molar-refractivity contribution in [3.63, 3.8) is 0 Å². The number of hydrogen-bond acceptors (Lipinski definition) is 4. The van der Waals surface area contributed by atoms with Crippen molar-refractivity contribution < 1.29 is 4.79 Å². The van der Waals surface area contributed by atoms with Gasteiger partial charge in [0.05, 0.1) is 15.7 Å². The van der Waals surface area contributed by atoms with Crippen molar-refractivity contribution in [1.82, 2.24) is 4.98 Å². The van der Waals surface area contributed by atoms with Crippen molar-refractivity contribution in [2.45, 2.75) is 19.3 Å². The van der Waals surface area contributed by atoms with Crippen LogP contribution in [0.5, 0.6) is 0 Å². The molecule has 1 saturated carbocycles. The van der Waals surface area contributed by atoms with E-state index in [1.165, 1.54) is 0 Å². The van der Waals surface area contributed by atoms with Gasteiger partial charge in [-0.15, -0.1) is 11.3 Å². The van der Waals surface area contributed by atoms with Gasteiger partial charge in [0.1, 0.15) is 0 Å². The van der Waals surface area contributed by atoms with E-state index in [9.17, 15) is 4.79 Å². The van der Waals surface area contributed by atoms with Crippen LogP contribution in [0, 0.1) is 5.41 Å². The van der Waals surface area contributed by atoms with Crippen molar-refractivity contribution in [1.29, 1.82) is 0 Å². The topological polar surface area (TPSA) is 42.0 Å². The van der Waals surface area contributed by atoms with Crippen LogP contribution in [-0.4, -0.2) is 16.6 Å². The molecule has 0 radical (unpaired) electrons. The van der Waals surface area contributed by atoms with Gasteiger partial charge in [0.25, 0.3) is 0 Å². The highest BCUT2D eigenvalue weighted by Gasteiger charge is 2.42. The zero-order valence-corrected chi connectivity index (χ0v) is 11.6. The molecular weight excluding hydrogens is 264 g/mol. The van der Waals surface area contributed by atoms with E-state index in [-0.39, 0.29) is 11.3 Å². The van der Waals surface area contributed by atoms with Gasteiger partial charge in [-0.25, -0.2) is 4.98 Å². The summed E-state index contributed by atoms with van der Waals surface area (Å²) in [6.07, 6.45) is 2.83. The fourth-order valence-corrected chi connectivity index (χ4v) is 3.19. The third-order valence-corrected chi connectivity index (χ3v) is 4.91. The molecule has 0 spiro atoms. The second kappa shape index (κ2) is 4.55. The number of rotatable bonds is 4. The highest BCUT2D eigenvalue weighted by molar-refractivity contribution is 7.80. The molecule has 1 fully saturated rings. The maximum Gasteiger partial charge on any atom is 0.224 e. The van der Waals surface area contributed by atoms with Gasteiger partial charge in [0.15, 0.2) is 0 Å². The molecule has 0 saturated heterocycles. The van der Waals surface area contributed by atoms with E-state index in [4.69, 9.17) is 0 Å². The average molecular weight is 278 g/mol. The Morgan fingerprint density at radius 1 is 1.50 bits per heavy atom. The first-order valence-corrected chi connectivity index (χ1v) is 7.46. The molecule has 94 valence electrons. The lowest BCUT2D eigenvalue weighted by Gasteiger charge is -2.11.